The molecule has 110 valence electrons. The number of thioether (sulfide) groups is 1. The van der Waals surface area contributed by atoms with Crippen LogP contribution in [0.15, 0.2) is 29.2 Å². The minimum Gasteiger partial charge on any atom is -0.494 e. The normalized spacial score (nSPS) is 18.9. The van der Waals surface area contributed by atoms with Gasteiger partial charge < -0.3 is 15.4 Å². The van der Waals surface area contributed by atoms with E-state index in [9.17, 15) is 4.79 Å². The molecule has 0 radical (unpaired) electrons. The van der Waals surface area contributed by atoms with Crippen molar-refractivity contribution in [2.75, 3.05) is 25.4 Å². The van der Waals surface area contributed by atoms with Crippen LogP contribution in [0.25, 0.3) is 0 Å². The fraction of sp³-hybridized carbons (Fsp3) is 0.533. The Balaban J connectivity index is 1.80. The van der Waals surface area contributed by atoms with Gasteiger partial charge in [0.05, 0.1) is 12.4 Å². The lowest BCUT2D eigenvalue weighted by molar-refractivity contribution is -0.129. The molecule has 1 fully saturated rings. The predicted octanol–water partition coefficient (Wildman–Crippen LogP) is 2.13. The van der Waals surface area contributed by atoms with Gasteiger partial charge in [0.1, 0.15) is 5.75 Å². The van der Waals surface area contributed by atoms with E-state index in [-0.39, 0.29) is 11.9 Å². The molecule has 4 nitrogen and oxygen atoms in total. The average Bonchev–Trinajstić information content (AvgIpc) is 2.46. The molecule has 2 rings (SSSR count). The number of ether oxygens (including phenoxy) is 1. The van der Waals surface area contributed by atoms with Gasteiger partial charge in [-0.3, -0.25) is 4.79 Å². The molecule has 5 heteroatoms. The lowest BCUT2D eigenvalue weighted by Gasteiger charge is -2.30. The van der Waals surface area contributed by atoms with Crippen molar-refractivity contribution < 1.29 is 9.53 Å². The summed E-state index contributed by atoms with van der Waals surface area (Å²) in [5.74, 6) is 1.52. The topological polar surface area (TPSA) is 55.6 Å². The van der Waals surface area contributed by atoms with Gasteiger partial charge in [-0.25, -0.2) is 0 Å². The van der Waals surface area contributed by atoms with Gasteiger partial charge in [-0.15, -0.1) is 11.8 Å². The molecular weight excluding hydrogens is 272 g/mol. The third kappa shape index (κ3) is 4.42. The molecule has 1 aliphatic rings. The van der Waals surface area contributed by atoms with Gasteiger partial charge in [-0.05, 0) is 44.0 Å². The number of carbonyl (C=O) groups is 1. The van der Waals surface area contributed by atoms with Gasteiger partial charge in [-0.2, -0.15) is 0 Å². The molecule has 1 aromatic rings. The summed E-state index contributed by atoms with van der Waals surface area (Å²) in [5, 5.41) is 0. The molecule has 20 heavy (non-hydrogen) atoms. The number of nitrogens with zero attached hydrogens (tertiary/aromatic N) is 1. The van der Waals surface area contributed by atoms with Crippen LogP contribution < -0.4 is 10.5 Å². The molecule has 0 aliphatic carbocycles. The van der Waals surface area contributed by atoms with Crippen molar-refractivity contribution in [3.8, 4) is 5.75 Å². The van der Waals surface area contributed by atoms with Crippen molar-refractivity contribution in [3.05, 3.63) is 24.3 Å². The highest BCUT2D eigenvalue weighted by molar-refractivity contribution is 8.00. The summed E-state index contributed by atoms with van der Waals surface area (Å²) in [5.41, 5.74) is 5.90. The van der Waals surface area contributed by atoms with Crippen molar-refractivity contribution in [3.63, 3.8) is 0 Å². The Morgan fingerprint density at radius 3 is 2.85 bits per heavy atom. The first-order valence-electron chi connectivity index (χ1n) is 7.08. The summed E-state index contributed by atoms with van der Waals surface area (Å²) >= 11 is 1.56. The molecule has 0 saturated carbocycles. The van der Waals surface area contributed by atoms with Gasteiger partial charge in [0.15, 0.2) is 0 Å². The van der Waals surface area contributed by atoms with Crippen LogP contribution in [-0.2, 0) is 4.79 Å². The highest BCUT2D eigenvalue weighted by Crippen LogP contribution is 2.22. The number of hydrogen-bond acceptors (Lipinski definition) is 4. The molecule has 1 saturated heterocycles. The minimum absolute atomic E-state index is 0.142. The molecule has 1 unspecified atom stereocenters. The fourth-order valence-corrected chi connectivity index (χ4v) is 3.07. The first kappa shape index (κ1) is 15.2. The molecule has 2 N–H and O–H groups in total. The van der Waals surface area contributed by atoms with Crippen molar-refractivity contribution in [1.29, 1.82) is 0 Å². The van der Waals surface area contributed by atoms with Crippen molar-refractivity contribution in [2.45, 2.75) is 30.7 Å². The first-order chi connectivity index (χ1) is 9.69. The quantitative estimate of drug-likeness (QED) is 0.845. The Labute approximate surface area is 124 Å². The van der Waals surface area contributed by atoms with Gasteiger partial charge in [0.2, 0.25) is 5.91 Å². The van der Waals surface area contributed by atoms with Crippen LogP contribution in [0.5, 0.6) is 5.75 Å². The lowest BCUT2D eigenvalue weighted by Crippen LogP contribution is -2.46. The Morgan fingerprint density at radius 1 is 1.45 bits per heavy atom. The second-order valence-electron chi connectivity index (χ2n) is 4.94. The van der Waals surface area contributed by atoms with Crippen LogP contribution in [0.4, 0.5) is 0 Å². The second-order valence-corrected chi connectivity index (χ2v) is 5.98. The summed E-state index contributed by atoms with van der Waals surface area (Å²) in [7, 11) is 0. The van der Waals surface area contributed by atoms with E-state index in [4.69, 9.17) is 10.5 Å². The Kier molecular flexibility index (Phi) is 5.73. The molecule has 1 heterocycles. The first-order valence-corrected chi connectivity index (χ1v) is 8.06. The Bertz CT molecular complexity index is 436. The van der Waals surface area contributed by atoms with E-state index in [0.717, 1.165) is 30.0 Å². The van der Waals surface area contributed by atoms with Gasteiger partial charge in [0.25, 0.3) is 0 Å². The molecule has 1 atom stereocenters. The lowest BCUT2D eigenvalue weighted by atomic mass is 10.1. The standard InChI is InChI=1S/C15H22N2O2S/c1-2-19-13-5-7-14(8-6-13)20-11-15(18)17-9-3-4-12(16)10-17/h5-8,12H,2-4,9-11,16H2,1H3. The predicted molar refractivity (Wildman–Crippen MR) is 82.1 cm³/mol. The number of nitrogens with two attached hydrogens (primary N) is 1. The minimum atomic E-state index is 0.142. The monoisotopic (exact) mass is 294 g/mol. The molecule has 0 bridgehead atoms. The van der Waals surface area contributed by atoms with Crippen molar-refractivity contribution >= 4 is 17.7 Å². The number of piperidine rings is 1. The zero-order valence-corrected chi connectivity index (χ0v) is 12.7. The number of amides is 1. The summed E-state index contributed by atoms with van der Waals surface area (Å²) < 4.78 is 5.40. The largest absolute Gasteiger partial charge is 0.494 e. The number of rotatable bonds is 5. The molecule has 1 aliphatic heterocycles. The summed E-state index contributed by atoms with van der Waals surface area (Å²) in [6.07, 6.45) is 2.04. The highest BCUT2D eigenvalue weighted by Gasteiger charge is 2.20. The van der Waals surface area contributed by atoms with Gasteiger partial charge in [-0.1, -0.05) is 0 Å². The number of hydrogen-bond donors (Lipinski definition) is 1. The maximum atomic E-state index is 12.1. The molecular formula is C15H22N2O2S. The smallest absolute Gasteiger partial charge is 0.232 e. The zero-order valence-electron chi connectivity index (χ0n) is 11.9. The SMILES string of the molecule is CCOc1ccc(SCC(=O)N2CCCC(N)C2)cc1. The van der Waals surface area contributed by atoms with E-state index >= 15 is 0 Å². The molecule has 0 aromatic heterocycles. The molecule has 1 aromatic carbocycles. The van der Waals surface area contributed by atoms with E-state index in [2.05, 4.69) is 0 Å². The van der Waals surface area contributed by atoms with Crippen LogP contribution in [0.1, 0.15) is 19.8 Å². The summed E-state index contributed by atoms with van der Waals surface area (Å²) in [6, 6.07) is 8.00. The molecule has 1 amide bonds. The van der Waals surface area contributed by atoms with E-state index in [1.54, 1.807) is 11.8 Å². The number of benzene rings is 1. The van der Waals surface area contributed by atoms with E-state index in [1.807, 2.05) is 36.1 Å². The number of carbonyl (C=O) groups excluding carboxylic acids is 1. The fourth-order valence-electron chi connectivity index (χ4n) is 2.27. The Morgan fingerprint density at radius 2 is 2.20 bits per heavy atom. The number of likely N-dealkylation sites (tertiary alicyclic amines) is 1. The maximum Gasteiger partial charge on any atom is 0.232 e. The summed E-state index contributed by atoms with van der Waals surface area (Å²) in [4.78, 5) is 15.1. The average molecular weight is 294 g/mol. The third-order valence-electron chi connectivity index (χ3n) is 3.31. The van der Waals surface area contributed by atoms with Crippen LogP contribution >= 0.6 is 11.8 Å². The van der Waals surface area contributed by atoms with Crippen LogP contribution in [0, 0.1) is 0 Å². The Hall–Kier alpha value is -1.20. The van der Waals surface area contributed by atoms with E-state index in [1.165, 1.54) is 0 Å². The van der Waals surface area contributed by atoms with Gasteiger partial charge in [0, 0.05) is 24.0 Å². The second kappa shape index (κ2) is 7.55. The third-order valence-corrected chi connectivity index (χ3v) is 4.30. The van der Waals surface area contributed by atoms with Crippen LogP contribution in [0.3, 0.4) is 0 Å². The van der Waals surface area contributed by atoms with Crippen molar-refractivity contribution in [2.24, 2.45) is 5.73 Å². The van der Waals surface area contributed by atoms with Crippen molar-refractivity contribution in [1.82, 2.24) is 4.90 Å². The van der Waals surface area contributed by atoms with Gasteiger partial charge >= 0.3 is 0 Å². The zero-order chi connectivity index (χ0) is 14.4. The maximum absolute atomic E-state index is 12.1. The van der Waals surface area contributed by atoms with Crippen LogP contribution in [0.2, 0.25) is 0 Å². The highest BCUT2D eigenvalue weighted by atomic mass is 32.2. The van der Waals surface area contributed by atoms with E-state index < -0.39 is 0 Å². The molecule has 0 spiro atoms. The summed E-state index contributed by atoms with van der Waals surface area (Å²) in [6.45, 7) is 4.17. The van der Waals surface area contributed by atoms with E-state index in [0.29, 0.717) is 18.9 Å². The van der Waals surface area contributed by atoms with Crippen LogP contribution in [-0.4, -0.2) is 42.3 Å².